The Morgan fingerprint density at radius 3 is 2.76 bits per heavy atom. The van der Waals surface area contributed by atoms with Gasteiger partial charge in [-0.05, 0) is 50.3 Å². The van der Waals surface area contributed by atoms with E-state index in [1.54, 1.807) is 0 Å². The van der Waals surface area contributed by atoms with Crippen LogP contribution in [0.4, 0.5) is 0 Å². The molecule has 2 heterocycles. The summed E-state index contributed by atoms with van der Waals surface area (Å²) in [7, 11) is 0. The summed E-state index contributed by atoms with van der Waals surface area (Å²) < 4.78 is 2.12. The smallest absolute Gasteiger partial charge is 0.161 e. The summed E-state index contributed by atoms with van der Waals surface area (Å²) >= 11 is 0. The Labute approximate surface area is 101 Å². The van der Waals surface area contributed by atoms with Crippen LogP contribution in [0.15, 0.2) is 18.3 Å². The quantitative estimate of drug-likeness (QED) is 0.815. The maximum Gasteiger partial charge on any atom is 0.161 e. The number of rotatable bonds is 1. The van der Waals surface area contributed by atoms with Crippen LogP contribution in [-0.2, 0) is 0 Å². The Hall–Kier alpha value is -1.42. The third kappa shape index (κ3) is 1.93. The van der Waals surface area contributed by atoms with Crippen LogP contribution in [0.25, 0.3) is 5.65 Å². The first-order valence-electron chi connectivity index (χ1n) is 6.31. The first-order chi connectivity index (χ1) is 8.24. The van der Waals surface area contributed by atoms with Gasteiger partial charge in [0.1, 0.15) is 5.82 Å². The average molecular weight is 230 g/mol. The summed E-state index contributed by atoms with van der Waals surface area (Å²) in [4.78, 5) is 0. The molecule has 0 amide bonds. The summed E-state index contributed by atoms with van der Waals surface area (Å²) in [5, 5.41) is 8.61. The molecule has 0 aliphatic heterocycles. The lowest BCUT2D eigenvalue weighted by Crippen LogP contribution is -2.26. The van der Waals surface area contributed by atoms with Gasteiger partial charge in [0.2, 0.25) is 0 Å². The molecule has 0 saturated heterocycles. The highest BCUT2D eigenvalue weighted by molar-refractivity contribution is 5.41. The molecule has 2 N–H and O–H groups in total. The summed E-state index contributed by atoms with van der Waals surface area (Å²) in [6, 6.07) is 4.56. The highest BCUT2D eigenvalue weighted by Crippen LogP contribution is 2.31. The van der Waals surface area contributed by atoms with Gasteiger partial charge in [0.15, 0.2) is 5.65 Å². The maximum absolute atomic E-state index is 5.94. The van der Waals surface area contributed by atoms with Crippen LogP contribution in [0.1, 0.15) is 43.0 Å². The number of hydrogen-bond donors (Lipinski definition) is 1. The van der Waals surface area contributed by atoms with Crippen LogP contribution in [0, 0.1) is 6.92 Å². The van der Waals surface area contributed by atoms with Crippen molar-refractivity contribution in [1.29, 1.82) is 0 Å². The zero-order valence-corrected chi connectivity index (χ0v) is 10.1. The van der Waals surface area contributed by atoms with Crippen LogP contribution >= 0.6 is 0 Å². The Morgan fingerprint density at radius 1 is 1.24 bits per heavy atom. The van der Waals surface area contributed by atoms with E-state index in [4.69, 9.17) is 5.73 Å². The van der Waals surface area contributed by atoms with Gasteiger partial charge in [-0.25, -0.2) is 0 Å². The molecule has 1 saturated carbocycles. The topological polar surface area (TPSA) is 56.2 Å². The molecular formula is C13H18N4. The molecule has 3 rings (SSSR count). The number of nitrogens with zero attached hydrogens (tertiary/aromatic N) is 3. The highest BCUT2D eigenvalue weighted by atomic mass is 15.2. The molecular weight excluding hydrogens is 212 g/mol. The minimum atomic E-state index is 0.382. The van der Waals surface area contributed by atoms with Crippen molar-refractivity contribution in [3.8, 4) is 0 Å². The summed E-state index contributed by atoms with van der Waals surface area (Å²) in [5.41, 5.74) is 8.12. The van der Waals surface area contributed by atoms with Gasteiger partial charge in [-0.2, -0.15) is 0 Å². The van der Waals surface area contributed by atoms with Crippen molar-refractivity contribution >= 4 is 5.65 Å². The van der Waals surface area contributed by atoms with Gasteiger partial charge in [-0.3, -0.25) is 4.40 Å². The van der Waals surface area contributed by atoms with E-state index < -0.39 is 0 Å². The SMILES string of the molecule is Cc1ccn2c(C3CCC(N)CC3)nnc2c1. The molecule has 0 atom stereocenters. The molecule has 4 heteroatoms. The number of hydrogen-bond acceptors (Lipinski definition) is 3. The summed E-state index contributed by atoms with van der Waals surface area (Å²) in [6.45, 7) is 2.08. The molecule has 1 aliphatic carbocycles. The lowest BCUT2D eigenvalue weighted by Gasteiger charge is -2.24. The Bertz CT molecular complexity index is 523. The van der Waals surface area contributed by atoms with Crippen LogP contribution in [-0.4, -0.2) is 20.6 Å². The van der Waals surface area contributed by atoms with E-state index in [0.717, 1.165) is 37.2 Å². The second-order valence-electron chi connectivity index (χ2n) is 5.10. The van der Waals surface area contributed by atoms with Crippen LogP contribution in [0.2, 0.25) is 0 Å². The van der Waals surface area contributed by atoms with E-state index in [9.17, 15) is 0 Å². The highest BCUT2D eigenvalue weighted by Gasteiger charge is 2.23. The lowest BCUT2D eigenvalue weighted by atomic mass is 9.86. The maximum atomic E-state index is 5.94. The molecule has 2 aromatic rings. The molecule has 0 radical (unpaired) electrons. The summed E-state index contributed by atoms with van der Waals surface area (Å²) in [6.07, 6.45) is 6.55. The molecule has 0 unspecified atom stereocenters. The number of fused-ring (bicyclic) bond motifs is 1. The fraction of sp³-hybridized carbons (Fsp3) is 0.538. The van der Waals surface area contributed by atoms with E-state index in [-0.39, 0.29) is 0 Å². The van der Waals surface area contributed by atoms with Gasteiger partial charge in [0.25, 0.3) is 0 Å². The van der Waals surface area contributed by atoms with Crippen molar-refractivity contribution in [2.45, 2.75) is 44.6 Å². The lowest BCUT2D eigenvalue weighted by molar-refractivity contribution is 0.383. The average Bonchev–Trinajstić information content (AvgIpc) is 2.73. The summed E-state index contributed by atoms with van der Waals surface area (Å²) in [5.74, 6) is 1.62. The van der Waals surface area contributed by atoms with Crippen LogP contribution in [0.5, 0.6) is 0 Å². The van der Waals surface area contributed by atoms with Gasteiger partial charge >= 0.3 is 0 Å². The predicted octanol–water partition coefficient (Wildman–Crippen LogP) is 2.02. The predicted molar refractivity (Wildman–Crippen MR) is 66.9 cm³/mol. The number of nitrogens with two attached hydrogens (primary N) is 1. The van der Waals surface area contributed by atoms with Crippen molar-refractivity contribution in [3.05, 3.63) is 29.7 Å². The monoisotopic (exact) mass is 230 g/mol. The first kappa shape index (κ1) is 10.7. The Morgan fingerprint density at radius 2 is 2.00 bits per heavy atom. The van der Waals surface area contributed by atoms with Crippen molar-refractivity contribution in [1.82, 2.24) is 14.6 Å². The Balaban J connectivity index is 1.95. The van der Waals surface area contributed by atoms with E-state index in [1.165, 1.54) is 5.56 Å². The molecule has 0 aromatic carbocycles. The van der Waals surface area contributed by atoms with E-state index in [0.29, 0.717) is 12.0 Å². The molecule has 90 valence electrons. The van der Waals surface area contributed by atoms with Crippen molar-refractivity contribution < 1.29 is 0 Å². The van der Waals surface area contributed by atoms with Crippen molar-refractivity contribution in [2.75, 3.05) is 0 Å². The number of aromatic nitrogens is 3. The first-order valence-corrected chi connectivity index (χ1v) is 6.31. The minimum absolute atomic E-state index is 0.382. The normalized spacial score (nSPS) is 25.3. The van der Waals surface area contributed by atoms with Gasteiger partial charge in [-0.1, -0.05) is 0 Å². The van der Waals surface area contributed by atoms with Crippen molar-refractivity contribution in [2.24, 2.45) is 5.73 Å². The largest absolute Gasteiger partial charge is 0.328 e. The molecule has 2 aromatic heterocycles. The van der Waals surface area contributed by atoms with E-state index in [2.05, 4.69) is 39.9 Å². The van der Waals surface area contributed by atoms with E-state index in [1.807, 2.05) is 0 Å². The Kier molecular flexibility index (Phi) is 2.59. The number of aryl methyl sites for hydroxylation is 1. The van der Waals surface area contributed by atoms with Gasteiger partial charge in [0, 0.05) is 18.2 Å². The van der Waals surface area contributed by atoms with Gasteiger partial charge < -0.3 is 5.73 Å². The zero-order chi connectivity index (χ0) is 11.8. The second kappa shape index (κ2) is 4.11. The van der Waals surface area contributed by atoms with Crippen LogP contribution in [0.3, 0.4) is 0 Å². The minimum Gasteiger partial charge on any atom is -0.328 e. The number of pyridine rings is 1. The molecule has 0 spiro atoms. The van der Waals surface area contributed by atoms with Gasteiger partial charge in [0.05, 0.1) is 0 Å². The molecule has 1 aliphatic rings. The fourth-order valence-electron chi connectivity index (χ4n) is 2.67. The second-order valence-corrected chi connectivity index (χ2v) is 5.10. The molecule has 1 fully saturated rings. The van der Waals surface area contributed by atoms with Crippen molar-refractivity contribution in [3.63, 3.8) is 0 Å². The zero-order valence-electron chi connectivity index (χ0n) is 10.1. The third-order valence-electron chi connectivity index (χ3n) is 3.73. The van der Waals surface area contributed by atoms with Gasteiger partial charge in [-0.15, -0.1) is 10.2 Å². The molecule has 4 nitrogen and oxygen atoms in total. The molecule has 17 heavy (non-hydrogen) atoms. The standard InChI is InChI=1S/C13H18N4/c1-9-6-7-17-12(8-9)15-16-13(17)10-2-4-11(14)5-3-10/h6-8,10-11H,2-5,14H2,1H3. The van der Waals surface area contributed by atoms with E-state index >= 15 is 0 Å². The third-order valence-corrected chi connectivity index (χ3v) is 3.73. The van der Waals surface area contributed by atoms with Crippen LogP contribution < -0.4 is 5.73 Å². The fourth-order valence-corrected chi connectivity index (χ4v) is 2.67. The molecule has 0 bridgehead atoms.